The van der Waals surface area contributed by atoms with Gasteiger partial charge in [0.25, 0.3) is 5.91 Å². The van der Waals surface area contributed by atoms with E-state index in [9.17, 15) is 27.5 Å². The summed E-state index contributed by atoms with van der Waals surface area (Å²) in [5, 5.41) is 14.7. The van der Waals surface area contributed by atoms with Crippen molar-refractivity contribution in [3.63, 3.8) is 0 Å². The Kier molecular flexibility index (Phi) is 7.14. The van der Waals surface area contributed by atoms with Crippen LogP contribution < -0.4 is 20.5 Å². The fourth-order valence-electron chi connectivity index (χ4n) is 5.09. The van der Waals surface area contributed by atoms with Crippen molar-refractivity contribution in [3.05, 3.63) is 83.4 Å². The van der Waals surface area contributed by atoms with Gasteiger partial charge in [-0.1, -0.05) is 6.07 Å². The number of primary amides is 1. The number of ether oxygens (including phenoxy) is 1. The highest BCUT2D eigenvalue weighted by Crippen LogP contribution is 2.45. The molecule has 0 unspecified atom stereocenters. The summed E-state index contributed by atoms with van der Waals surface area (Å²) in [6, 6.07) is 13.0. The Labute approximate surface area is 252 Å². The van der Waals surface area contributed by atoms with Crippen LogP contribution in [0.2, 0.25) is 0 Å². The number of aromatic nitrogens is 2. The van der Waals surface area contributed by atoms with E-state index in [-0.39, 0.29) is 46.6 Å². The lowest BCUT2D eigenvalue weighted by Crippen LogP contribution is -2.41. The zero-order valence-electron chi connectivity index (χ0n) is 23.9. The van der Waals surface area contributed by atoms with Crippen LogP contribution >= 0.6 is 0 Å². The third-order valence-electron chi connectivity index (χ3n) is 8.00. The number of carbonyl (C=O) groups excluding carboxylic acids is 2. The first-order valence-electron chi connectivity index (χ1n) is 13.9. The summed E-state index contributed by atoms with van der Waals surface area (Å²) in [5.41, 5.74) is 4.28. The lowest BCUT2D eigenvalue weighted by molar-refractivity contribution is -0.123. The van der Waals surface area contributed by atoms with E-state index < -0.39 is 38.7 Å². The standard InChI is InChI=1S/C31H30FN5O6S/c1-30(29(33)39)16-43-27-22(30)14-24(36-26(27)17-5-7-20(32)8-6-17)31(2,40)15-35-28(38)19-12-18-4-3-11-34-25(18)23(13-19)44(41,42)37-21-9-10-21/h3-8,11-14,21,37,40H,9-10,15-16H2,1-2H3,(H2,33,39)(H,35,38)/t30-,31-/m0/s1. The number of carbonyl (C=O) groups is 2. The monoisotopic (exact) mass is 619 g/mol. The molecule has 4 aromatic rings. The summed E-state index contributed by atoms with van der Waals surface area (Å²) >= 11 is 0. The Morgan fingerprint density at radius 3 is 2.59 bits per heavy atom. The molecule has 2 amide bonds. The summed E-state index contributed by atoms with van der Waals surface area (Å²) in [6.45, 7) is 2.68. The van der Waals surface area contributed by atoms with Crippen LogP contribution in [-0.4, -0.2) is 54.5 Å². The highest BCUT2D eigenvalue weighted by molar-refractivity contribution is 7.89. The predicted octanol–water partition coefficient (Wildman–Crippen LogP) is 2.65. The minimum absolute atomic E-state index is 0.0481. The third-order valence-corrected chi connectivity index (χ3v) is 9.53. The van der Waals surface area contributed by atoms with Gasteiger partial charge in [-0.15, -0.1) is 0 Å². The highest BCUT2D eigenvalue weighted by Gasteiger charge is 2.45. The van der Waals surface area contributed by atoms with Crippen molar-refractivity contribution in [2.24, 2.45) is 5.73 Å². The quantitative estimate of drug-likeness (QED) is 0.221. The molecule has 0 saturated heterocycles. The highest BCUT2D eigenvalue weighted by atomic mass is 32.2. The van der Waals surface area contributed by atoms with Gasteiger partial charge in [-0.05, 0) is 75.2 Å². The van der Waals surface area contributed by atoms with Crippen LogP contribution in [0.4, 0.5) is 4.39 Å². The first kappa shape index (κ1) is 29.6. The number of aliphatic hydroxyl groups is 1. The van der Waals surface area contributed by atoms with Crippen LogP contribution in [0.25, 0.3) is 22.2 Å². The molecule has 44 heavy (non-hydrogen) atoms. The molecule has 5 N–H and O–H groups in total. The molecule has 13 heteroatoms. The molecule has 1 aliphatic heterocycles. The van der Waals surface area contributed by atoms with Crippen molar-refractivity contribution >= 4 is 32.7 Å². The van der Waals surface area contributed by atoms with Crippen molar-refractivity contribution < 1.29 is 32.2 Å². The molecule has 2 aromatic heterocycles. The molecule has 0 bridgehead atoms. The molecule has 11 nitrogen and oxygen atoms in total. The van der Waals surface area contributed by atoms with Crippen LogP contribution in [0, 0.1) is 5.82 Å². The first-order valence-corrected chi connectivity index (χ1v) is 15.4. The van der Waals surface area contributed by atoms with E-state index in [0.717, 1.165) is 12.8 Å². The zero-order chi connectivity index (χ0) is 31.4. The molecular weight excluding hydrogens is 589 g/mol. The zero-order valence-corrected chi connectivity index (χ0v) is 24.7. The number of pyridine rings is 2. The van der Waals surface area contributed by atoms with E-state index in [2.05, 4.69) is 20.0 Å². The maximum Gasteiger partial charge on any atom is 0.251 e. The van der Waals surface area contributed by atoms with E-state index in [4.69, 9.17) is 10.5 Å². The number of benzene rings is 2. The Balaban J connectivity index is 1.33. The number of sulfonamides is 1. The second kappa shape index (κ2) is 10.6. The van der Waals surface area contributed by atoms with Gasteiger partial charge >= 0.3 is 0 Å². The molecule has 2 aromatic carbocycles. The minimum Gasteiger partial charge on any atom is -0.489 e. The van der Waals surface area contributed by atoms with Crippen LogP contribution in [0.15, 0.2) is 65.7 Å². The van der Waals surface area contributed by atoms with Gasteiger partial charge in [0.15, 0.2) is 0 Å². The number of nitrogens with zero attached hydrogens (tertiary/aromatic N) is 2. The molecular formula is C31H30FN5O6S. The van der Waals surface area contributed by atoms with Crippen molar-refractivity contribution in [2.75, 3.05) is 13.2 Å². The Morgan fingerprint density at radius 1 is 1.18 bits per heavy atom. The smallest absolute Gasteiger partial charge is 0.251 e. The van der Waals surface area contributed by atoms with Crippen molar-refractivity contribution in [1.29, 1.82) is 0 Å². The summed E-state index contributed by atoms with van der Waals surface area (Å²) in [4.78, 5) is 34.6. The predicted molar refractivity (Wildman–Crippen MR) is 159 cm³/mol. The molecule has 2 aliphatic rings. The van der Waals surface area contributed by atoms with Crippen molar-refractivity contribution in [1.82, 2.24) is 20.0 Å². The second-order valence-corrected chi connectivity index (χ2v) is 13.3. The molecule has 0 radical (unpaired) electrons. The number of hydrogen-bond acceptors (Lipinski definition) is 8. The first-order chi connectivity index (χ1) is 20.8. The topological polar surface area (TPSA) is 174 Å². The van der Waals surface area contributed by atoms with Gasteiger partial charge in [0, 0.05) is 34.3 Å². The van der Waals surface area contributed by atoms with Crippen molar-refractivity contribution in [3.8, 4) is 17.0 Å². The molecule has 1 fully saturated rings. The number of fused-ring (bicyclic) bond motifs is 2. The lowest BCUT2D eigenvalue weighted by atomic mass is 9.82. The largest absolute Gasteiger partial charge is 0.489 e. The van der Waals surface area contributed by atoms with E-state index in [1.165, 1.54) is 55.6 Å². The molecule has 1 aliphatic carbocycles. The normalized spacial score (nSPS) is 19.2. The number of amides is 2. The Hall–Kier alpha value is -4.46. The van der Waals surface area contributed by atoms with Crippen LogP contribution in [0.1, 0.15) is 48.3 Å². The van der Waals surface area contributed by atoms with Gasteiger partial charge in [-0.25, -0.2) is 22.5 Å². The summed E-state index contributed by atoms with van der Waals surface area (Å²) < 4.78 is 48.4. The Morgan fingerprint density at radius 2 is 1.91 bits per heavy atom. The number of nitrogens with two attached hydrogens (primary N) is 1. The number of rotatable bonds is 9. The van der Waals surface area contributed by atoms with Crippen LogP contribution in [0.3, 0.4) is 0 Å². The summed E-state index contributed by atoms with van der Waals surface area (Å²) in [7, 11) is -3.95. The SMILES string of the molecule is C[C@](O)(CNC(=O)c1cc(S(=O)(=O)NC2CC2)c2ncccc2c1)c1cc2c(c(-c3ccc(F)cc3)n1)OC[C@]2(C)C(N)=O. The number of nitrogens with one attached hydrogen (secondary N) is 2. The van der Waals surface area contributed by atoms with Gasteiger partial charge in [0.2, 0.25) is 15.9 Å². The molecule has 2 atom stereocenters. The minimum atomic E-state index is -3.95. The molecule has 1 saturated carbocycles. The third kappa shape index (κ3) is 5.38. The summed E-state index contributed by atoms with van der Waals surface area (Å²) in [5.74, 6) is -1.44. The summed E-state index contributed by atoms with van der Waals surface area (Å²) in [6.07, 6.45) is 2.96. The average molecular weight is 620 g/mol. The van der Waals surface area contributed by atoms with Gasteiger partial charge in [0.1, 0.15) is 39.8 Å². The maximum atomic E-state index is 13.7. The second-order valence-electron chi connectivity index (χ2n) is 11.6. The van der Waals surface area contributed by atoms with Gasteiger partial charge in [-0.3, -0.25) is 14.6 Å². The number of halogens is 1. The maximum absolute atomic E-state index is 13.7. The van der Waals surface area contributed by atoms with Gasteiger partial charge in [-0.2, -0.15) is 0 Å². The van der Waals surface area contributed by atoms with Crippen LogP contribution in [0.5, 0.6) is 5.75 Å². The molecule has 0 spiro atoms. The molecule has 6 rings (SSSR count). The van der Waals surface area contributed by atoms with Gasteiger partial charge < -0.3 is 20.9 Å². The average Bonchev–Trinajstić information content (AvgIpc) is 3.73. The van der Waals surface area contributed by atoms with Crippen LogP contribution in [-0.2, 0) is 25.8 Å². The van der Waals surface area contributed by atoms with Gasteiger partial charge in [0.05, 0.1) is 17.8 Å². The fourth-order valence-corrected chi connectivity index (χ4v) is 6.60. The van der Waals surface area contributed by atoms with E-state index >= 15 is 0 Å². The van der Waals surface area contributed by atoms with Crippen molar-refractivity contribution in [2.45, 2.75) is 48.6 Å². The Bertz CT molecular complexity index is 1930. The van der Waals surface area contributed by atoms with E-state index in [1.54, 1.807) is 19.1 Å². The lowest BCUT2D eigenvalue weighted by Gasteiger charge is -2.26. The molecule has 228 valence electrons. The van der Waals surface area contributed by atoms with E-state index in [1.807, 2.05) is 0 Å². The van der Waals surface area contributed by atoms with E-state index in [0.29, 0.717) is 22.3 Å². The molecule has 3 heterocycles. The fraction of sp³-hybridized carbons (Fsp3) is 0.290. The number of hydrogen-bond donors (Lipinski definition) is 4.